The van der Waals surface area contributed by atoms with Crippen molar-refractivity contribution in [2.75, 3.05) is 26.7 Å². The van der Waals surface area contributed by atoms with Gasteiger partial charge in [-0.3, -0.25) is 0 Å². The van der Waals surface area contributed by atoms with E-state index in [1.807, 2.05) is 0 Å². The van der Waals surface area contributed by atoms with Crippen molar-refractivity contribution in [1.29, 1.82) is 0 Å². The van der Waals surface area contributed by atoms with Crippen molar-refractivity contribution < 1.29 is 4.84 Å². The van der Waals surface area contributed by atoms with E-state index in [1.165, 1.54) is 38.2 Å². The van der Waals surface area contributed by atoms with E-state index in [-0.39, 0.29) is 12.4 Å². The van der Waals surface area contributed by atoms with Crippen molar-refractivity contribution >= 4 is 18.1 Å². The predicted octanol–water partition coefficient (Wildman–Crippen LogP) is 1.77. The second-order valence-corrected chi connectivity index (χ2v) is 4.26. The number of hydrogen-bond acceptors (Lipinski definition) is 3. The van der Waals surface area contributed by atoms with Crippen molar-refractivity contribution in [3.8, 4) is 0 Å². The number of hydrogen-bond donors (Lipinski definition) is 0. The third-order valence-electron chi connectivity index (χ3n) is 3.29. The number of nitrogens with zero attached hydrogens (tertiary/aromatic N) is 2. The van der Waals surface area contributed by atoms with Crippen LogP contribution in [0.2, 0.25) is 0 Å². The summed E-state index contributed by atoms with van der Waals surface area (Å²) < 4.78 is 0. The van der Waals surface area contributed by atoms with Crippen LogP contribution in [0.5, 0.6) is 0 Å². The number of halogens is 1. The molecule has 2 rings (SSSR count). The zero-order chi connectivity index (χ0) is 9.26. The fraction of sp³-hybridized carbons (Fsp3) is 0.900. The number of piperidine rings is 1. The van der Waals surface area contributed by atoms with Crippen molar-refractivity contribution in [3.05, 3.63) is 0 Å². The Kier molecular flexibility index (Phi) is 4.20. The van der Waals surface area contributed by atoms with Crippen molar-refractivity contribution in [2.45, 2.75) is 19.8 Å². The molecule has 0 radical (unpaired) electrons. The van der Waals surface area contributed by atoms with E-state index in [0.717, 1.165) is 5.92 Å². The van der Waals surface area contributed by atoms with Gasteiger partial charge in [0.05, 0.1) is 5.71 Å². The van der Waals surface area contributed by atoms with Crippen LogP contribution < -0.4 is 0 Å². The molecule has 3 nitrogen and oxygen atoms in total. The number of rotatable bonds is 2. The third kappa shape index (κ3) is 2.39. The summed E-state index contributed by atoms with van der Waals surface area (Å²) in [7, 11) is 1.63. The lowest BCUT2D eigenvalue weighted by molar-refractivity contribution is 0.200. The van der Waals surface area contributed by atoms with Crippen LogP contribution in [-0.2, 0) is 4.84 Å². The second kappa shape index (κ2) is 4.99. The highest BCUT2D eigenvalue weighted by Gasteiger charge is 2.33. The zero-order valence-electron chi connectivity index (χ0n) is 8.90. The van der Waals surface area contributed by atoms with Crippen LogP contribution in [0.25, 0.3) is 0 Å². The van der Waals surface area contributed by atoms with Gasteiger partial charge in [0.15, 0.2) is 0 Å². The topological polar surface area (TPSA) is 24.8 Å². The first kappa shape index (κ1) is 11.8. The Morgan fingerprint density at radius 3 is 2.86 bits per heavy atom. The summed E-state index contributed by atoms with van der Waals surface area (Å²) in [6.07, 6.45) is 2.70. The maximum Gasteiger partial charge on any atom is 0.106 e. The maximum atomic E-state index is 4.82. The first-order chi connectivity index (χ1) is 6.29. The van der Waals surface area contributed by atoms with Gasteiger partial charge in [0.25, 0.3) is 0 Å². The van der Waals surface area contributed by atoms with E-state index in [2.05, 4.69) is 17.0 Å². The van der Waals surface area contributed by atoms with E-state index < -0.39 is 0 Å². The molecule has 3 atom stereocenters. The first-order valence-electron chi connectivity index (χ1n) is 5.09. The summed E-state index contributed by atoms with van der Waals surface area (Å²) in [4.78, 5) is 7.37. The smallest absolute Gasteiger partial charge is 0.106 e. The highest BCUT2D eigenvalue weighted by molar-refractivity contribution is 5.85. The molecule has 0 saturated carbocycles. The fourth-order valence-electron chi connectivity index (χ4n) is 2.58. The largest absolute Gasteiger partial charge is 0.399 e. The molecule has 2 aliphatic heterocycles. The SMILES string of the molecule is CO/N=C(\C)C1CC2CCN(C2)C1.Cl. The Labute approximate surface area is 91.9 Å². The summed E-state index contributed by atoms with van der Waals surface area (Å²) in [6, 6.07) is 0. The Bertz CT molecular complexity index is 208. The molecule has 14 heavy (non-hydrogen) atoms. The predicted molar refractivity (Wildman–Crippen MR) is 60.0 cm³/mol. The third-order valence-corrected chi connectivity index (χ3v) is 3.29. The Morgan fingerprint density at radius 1 is 1.43 bits per heavy atom. The molecule has 3 unspecified atom stereocenters. The normalized spacial score (nSPS) is 36.4. The quantitative estimate of drug-likeness (QED) is 0.522. The minimum Gasteiger partial charge on any atom is -0.399 e. The minimum absolute atomic E-state index is 0. The Hall–Kier alpha value is -0.280. The van der Waals surface area contributed by atoms with Crippen LogP contribution in [0.15, 0.2) is 5.16 Å². The van der Waals surface area contributed by atoms with Crippen molar-refractivity contribution in [3.63, 3.8) is 0 Å². The van der Waals surface area contributed by atoms with Gasteiger partial charge in [-0.1, -0.05) is 5.16 Å². The molecule has 0 amide bonds. The van der Waals surface area contributed by atoms with E-state index >= 15 is 0 Å². The van der Waals surface area contributed by atoms with Gasteiger partial charge >= 0.3 is 0 Å². The average molecular weight is 219 g/mol. The van der Waals surface area contributed by atoms with Crippen molar-refractivity contribution in [2.24, 2.45) is 17.0 Å². The van der Waals surface area contributed by atoms with E-state index in [1.54, 1.807) is 7.11 Å². The van der Waals surface area contributed by atoms with E-state index in [4.69, 9.17) is 4.84 Å². The molecule has 2 fully saturated rings. The van der Waals surface area contributed by atoms with Crippen LogP contribution in [0.3, 0.4) is 0 Å². The van der Waals surface area contributed by atoms with E-state index in [0.29, 0.717) is 5.92 Å². The van der Waals surface area contributed by atoms with Gasteiger partial charge in [0.2, 0.25) is 0 Å². The molecule has 82 valence electrons. The van der Waals surface area contributed by atoms with Gasteiger partial charge < -0.3 is 9.74 Å². The molecule has 0 aromatic rings. The molecule has 2 saturated heterocycles. The Balaban J connectivity index is 0.000000980. The van der Waals surface area contributed by atoms with Gasteiger partial charge in [-0.05, 0) is 32.2 Å². The van der Waals surface area contributed by atoms with Crippen LogP contribution in [-0.4, -0.2) is 37.4 Å². The summed E-state index contributed by atoms with van der Waals surface area (Å²) in [5, 5.41) is 4.03. The molecule has 0 aliphatic carbocycles. The minimum atomic E-state index is 0. The van der Waals surface area contributed by atoms with Gasteiger partial charge in [-0.15, -0.1) is 12.4 Å². The molecule has 0 aromatic carbocycles. The Morgan fingerprint density at radius 2 is 2.21 bits per heavy atom. The molecule has 0 aromatic heterocycles. The number of fused-ring (bicyclic) bond motifs is 2. The van der Waals surface area contributed by atoms with Gasteiger partial charge in [-0.25, -0.2) is 0 Å². The van der Waals surface area contributed by atoms with Gasteiger partial charge in [0, 0.05) is 19.0 Å². The standard InChI is InChI=1S/C10H18N2O.ClH/c1-8(11-13-2)10-5-9-3-4-12(6-9)7-10;/h9-10H,3-7H2,1-2H3;1H/b11-8+;. The van der Waals surface area contributed by atoms with E-state index in [9.17, 15) is 0 Å². The molecule has 0 N–H and O–H groups in total. The molecular formula is C10H19ClN2O. The number of oxime groups is 1. The lowest BCUT2D eigenvalue weighted by Gasteiger charge is -2.29. The molecule has 0 spiro atoms. The summed E-state index contributed by atoms with van der Waals surface area (Å²) in [5.74, 6) is 1.56. The summed E-state index contributed by atoms with van der Waals surface area (Å²) >= 11 is 0. The monoisotopic (exact) mass is 218 g/mol. The van der Waals surface area contributed by atoms with Crippen LogP contribution >= 0.6 is 12.4 Å². The molecular weight excluding hydrogens is 200 g/mol. The molecule has 2 aliphatic rings. The average Bonchev–Trinajstić information content (AvgIpc) is 2.46. The fourth-order valence-corrected chi connectivity index (χ4v) is 2.58. The van der Waals surface area contributed by atoms with Crippen LogP contribution in [0.1, 0.15) is 19.8 Å². The van der Waals surface area contributed by atoms with Crippen LogP contribution in [0, 0.1) is 11.8 Å². The summed E-state index contributed by atoms with van der Waals surface area (Å²) in [5.41, 5.74) is 1.17. The zero-order valence-corrected chi connectivity index (χ0v) is 9.72. The first-order valence-corrected chi connectivity index (χ1v) is 5.09. The van der Waals surface area contributed by atoms with Gasteiger partial charge in [-0.2, -0.15) is 0 Å². The van der Waals surface area contributed by atoms with Crippen molar-refractivity contribution in [1.82, 2.24) is 4.90 Å². The molecule has 2 heterocycles. The highest BCUT2D eigenvalue weighted by Crippen LogP contribution is 2.30. The molecule has 4 heteroatoms. The second-order valence-electron chi connectivity index (χ2n) is 4.26. The molecule has 2 bridgehead atoms. The highest BCUT2D eigenvalue weighted by atomic mass is 35.5. The lowest BCUT2D eigenvalue weighted by atomic mass is 9.89. The summed E-state index contributed by atoms with van der Waals surface area (Å²) in [6.45, 7) is 5.88. The van der Waals surface area contributed by atoms with Gasteiger partial charge in [0.1, 0.15) is 7.11 Å². The van der Waals surface area contributed by atoms with Crippen LogP contribution in [0.4, 0.5) is 0 Å². The lowest BCUT2D eigenvalue weighted by Crippen LogP contribution is -2.36. The maximum absolute atomic E-state index is 4.82.